The Bertz CT molecular complexity index is 291. The Labute approximate surface area is 73.8 Å². The van der Waals surface area contributed by atoms with Gasteiger partial charge in [0.1, 0.15) is 0 Å². The highest BCUT2D eigenvalue weighted by Crippen LogP contribution is 2.29. The summed E-state index contributed by atoms with van der Waals surface area (Å²) in [6.45, 7) is 4.40. The summed E-state index contributed by atoms with van der Waals surface area (Å²) in [5.74, 6) is 0.675. The van der Waals surface area contributed by atoms with Gasteiger partial charge in [-0.2, -0.15) is 0 Å². The Balaban J connectivity index is 2.46. The molecule has 2 rings (SSSR count). The van der Waals surface area contributed by atoms with Gasteiger partial charge in [-0.25, -0.2) is 0 Å². The van der Waals surface area contributed by atoms with Crippen molar-refractivity contribution in [3.8, 4) is 0 Å². The predicted octanol–water partition coefficient (Wildman–Crippen LogP) is 2.83. The van der Waals surface area contributed by atoms with E-state index in [0.29, 0.717) is 5.92 Å². The molecule has 0 radical (unpaired) electrons. The first-order chi connectivity index (χ1) is 5.77. The first kappa shape index (κ1) is 7.78. The van der Waals surface area contributed by atoms with Crippen molar-refractivity contribution >= 4 is 0 Å². The predicted molar refractivity (Wildman–Crippen MR) is 50.3 cm³/mol. The van der Waals surface area contributed by atoms with Crippen molar-refractivity contribution in [2.24, 2.45) is 0 Å². The second kappa shape index (κ2) is 2.89. The first-order valence-electron chi connectivity index (χ1n) is 4.73. The zero-order valence-corrected chi connectivity index (χ0v) is 7.80. The lowest BCUT2D eigenvalue weighted by Gasteiger charge is -2.20. The van der Waals surface area contributed by atoms with E-state index in [4.69, 9.17) is 0 Å². The fourth-order valence-electron chi connectivity index (χ4n) is 2.02. The first-order valence-corrected chi connectivity index (χ1v) is 4.73. The molecular weight excluding hydrogens is 146 g/mol. The van der Waals surface area contributed by atoms with Crippen molar-refractivity contribution in [1.29, 1.82) is 0 Å². The molecule has 1 nitrogen and oxygen atoms in total. The molecule has 0 fully saturated rings. The van der Waals surface area contributed by atoms with E-state index in [2.05, 4.69) is 24.9 Å². The van der Waals surface area contributed by atoms with Gasteiger partial charge in [0.05, 0.1) is 0 Å². The molecule has 0 N–H and O–H groups in total. The highest BCUT2D eigenvalue weighted by Gasteiger charge is 2.16. The minimum atomic E-state index is 0.675. The number of aryl methyl sites for hydroxylation is 2. The van der Waals surface area contributed by atoms with Gasteiger partial charge in [0, 0.05) is 11.9 Å². The summed E-state index contributed by atoms with van der Waals surface area (Å²) in [4.78, 5) is 4.50. The van der Waals surface area contributed by atoms with E-state index in [1.165, 1.54) is 36.1 Å². The average Bonchev–Trinajstić information content (AvgIpc) is 2.04. The number of aromatic nitrogens is 1. The molecule has 0 aromatic carbocycles. The summed E-state index contributed by atoms with van der Waals surface area (Å²) in [6.07, 6.45) is 5.86. The Morgan fingerprint density at radius 1 is 1.50 bits per heavy atom. The summed E-state index contributed by atoms with van der Waals surface area (Å²) in [5.41, 5.74) is 4.11. The molecule has 1 aromatic rings. The number of rotatable bonds is 0. The molecule has 0 amide bonds. The number of fused-ring (bicyclic) bond motifs is 1. The van der Waals surface area contributed by atoms with Crippen molar-refractivity contribution in [2.75, 3.05) is 0 Å². The van der Waals surface area contributed by atoms with Crippen molar-refractivity contribution < 1.29 is 0 Å². The highest BCUT2D eigenvalue weighted by atomic mass is 14.7. The molecule has 12 heavy (non-hydrogen) atoms. The van der Waals surface area contributed by atoms with Crippen LogP contribution in [0.3, 0.4) is 0 Å². The van der Waals surface area contributed by atoms with Crippen LogP contribution in [0, 0.1) is 6.92 Å². The maximum Gasteiger partial charge on any atom is 0.0463 e. The smallest absolute Gasteiger partial charge is 0.0463 e. The quantitative estimate of drug-likeness (QED) is 0.570. The van der Waals surface area contributed by atoms with Gasteiger partial charge in [0.2, 0.25) is 0 Å². The lowest BCUT2D eigenvalue weighted by Crippen LogP contribution is -2.09. The van der Waals surface area contributed by atoms with Crippen LogP contribution in [0.15, 0.2) is 12.3 Å². The van der Waals surface area contributed by atoms with Crippen LogP contribution in [0.2, 0.25) is 0 Å². The average molecular weight is 161 g/mol. The van der Waals surface area contributed by atoms with Gasteiger partial charge < -0.3 is 0 Å². The summed E-state index contributed by atoms with van der Waals surface area (Å²) in [7, 11) is 0. The number of pyridine rings is 1. The van der Waals surface area contributed by atoms with Gasteiger partial charge in [0.15, 0.2) is 0 Å². The number of nitrogens with zero attached hydrogens (tertiary/aromatic N) is 1. The van der Waals surface area contributed by atoms with E-state index in [1.807, 2.05) is 6.20 Å². The lowest BCUT2D eigenvalue weighted by atomic mass is 9.87. The van der Waals surface area contributed by atoms with E-state index in [0.717, 1.165) is 0 Å². The molecular formula is C11H15N. The number of hydrogen-bond acceptors (Lipinski definition) is 1. The van der Waals surface area contributed by atoms with Crippen LogP contribution in [-0.4, -0.2) is 4.98 Å². The summed E-state index contributed by atoms with van der Waals surface area (Å²) < 4.78 is 0. The van der Waals surface area contributed by atoms with E-state index < -0.39 is 0 Å². The second-order valence-corrected chi connectivity index (χ2v) is 3.85. The third-order valence-electron chi connectivity index (χ3n) is 2.69. The van der Waals surface area contributed by atoms with Crippen LogP contribution in [0.4, 0.5) is 0 Å². The van der Waals surface area contributed by atoms with Gasteiger partial charge in [-0.1, -0.05) is 13.0 Å². The van der Waals surface area contributed by atoms with Crippen LogP contribution >= 0.6 is 0 Å². The molecule has 0 bridgehead atoms. The van der Waals surface area contributed by atoms with E-state index in [1.54, 1.807) is 0 Å². The molecule has 1 aromatic heterocycles. The topological polar surface area (TPSA) is 12.9 Å². The lowest BCUT2D eigenvalue weighted by molar-refractivity contribution is 0.573. The second-order valence-electron chi connectivity index (χ2n) is 3.85. The molecule has 64 valence electrons. The summed E-state index contributed by atoms with van der Waals surface area (Å²) in [5, 5.41) is 0. The standard InChI is InChI=1S/C11H15N/c1-8-6-10-5-3-4-9(2)11(10)12-7-8/h6-7,9H,3-5H2,1-2H3/t9-/m0/s1. The summed E-state index contributed by atoms with van der Waals surface area (Å²) >= 11 is 0. The Kier molecular flexibility index (Phi) is 1.87. The molecule has 0 unspecified atom stereocenters. The maximum absolute atomic E-state index is 4.50. The van der Waals surface area contributed by atoms with Crippen molar-refractivity contribution in [2.45, 2.75) is 39.0 Å². The van der Waals surface area contributed by atoms with Crippen molar-refractivity contribution in [3.63, 3.8) is 0 Å². The maximum atomic E-state index is 4.50. The molecule has 1 atom stereocenters. The van der Waals surface area contributed by atoms with Gasteiger partial charge in [-0.05, 0) is 43.2 Å². The minimum absolute atomic E-state index is 0.675. The monoisotopic (exact) mass is 161 g/mol. The molecule has 0 saturated heterocycles. The number of hydrogen-bond donors (Lipinski definition) is 0. The Morgan fingerprint density at radius 3 is 3.17 bits per heavy atom. The van der Waals surface area contributed by atoms with E-state index in [9.17, 15) is 0 Å². The van der Waals surface area contributed by atoms with Crippen LogP contribution < -0.4 is 0 Å². The normalized spacial score (nSPS) is 22.0. The molecule has 0 spiro atoms. The van der Waals surface area contributed by atoms with E-state index in [-0.39, 0.29) is 0 Å². The molecule has 1 aliphatic rings. The van der Waals surface area contributed by atoms with Crippen LogP contribution in [0.5, 0.6) is 0 Å². The zero-order valence-electron chi connectivity index (χ0n) is 7.80. The Hall–Kier alpha value is -0.850. The fourth-order valence-corrected chi connectivity index (χ4v) is 2.02. The molecule has 1 heterocycles. The largest absolute Gasteiger partial charge is 0.260 e. The third kappa shape index (κ3) is 1.24. The van der Waals surface area contributed by atoms with Crippen LogP contribution in [0.25, 0.3) is 0 Å². The third-order valence-corrected chi connectivity index (χ3v) is 2.69. The molecule has 0 aliphatic heterocycles. The highest BCUT2D eigenvalue weighted by molar-refractivity contribution is 5.28. The van der Waals surface area contributed by atoms with Crippen molar-refractivity contribution in [3.05, 3.63) is 29.1 Å². The van der Waals surface area contributed by atoms with Gasteiger partial charge in [-0.15, -0.1) is 0 Å². The molecule has 1 aliphatic carbocycles. The molecule has 1 heteroatoms. The van der Waals surface area contributed by atoms with Gasteiger partial charge in [0.25, 0.3) is 0 Å². The van der Waals surface area contributed by atoms with Crippen molar-refractivity contribution in [1.82, 2.24) is 4.98 Å². The summed E-state index contributed by atoms with van der Waals surface area (Å²) in [6, 6.07) is 2.29. The fraction of sp³-hybridized carbons (Fsp3) is 0.545. The van der Waals surface area contributed by atoms with Gasteiger partial charge in [-0.3, -0.25) is 4.98 Å². The van der Waals surface area contributed by atoms with Gasteiger partial charge >= 0.3 is 0 Å². The van der Waals surface area contributed by atoms with Crippen LogP contribution in [0.1, 0.15) is 42.5 Å². The van der Waals surface area contributed by atoms with Crippen LogP contribution in [-0.2, 0) is 6.42 Å². The molecule has 0 saturated carbocycles. The Morgan fingerprint density at radius 2 is 2.33 bits per heavy atom. The zero-order chi connectivity index (χ0) is 8.55. The minimum Gasteiger partial charge on any atom is -0.260 e. The SMILES string of the molecule is Cc1cnc2c(c1)CCC[C@@H]2C. The van der Waals surface area contributed by atoms with E-state index >= 15 is 0 Å².